The van der Waals surface area contributed by atoms with Gasteiger partial charge in [-0.1, -0.05) is 33.6 Å². The van der Waals surface area contributed by atoms with Gasteiger partial charge in [-0.2, -0.15) is 0 Å². The van der Waals surface area contributed by atoms with Crippen LogP contribution < -0.4 is 0 Å². The van der Waals surface area contributed by atoms with Crippen molar-refractivity contribution >= 4 is 12.3 Å². The fourth-order valence-corrected chi connectivity index (χ4v) is 1.67. The lowest BCUT2D eigenvalue weighted by Crippen LogP contribution is -2.18. The predicted molar refractivity (Wildman–Crippen MR) is 61.8 cm³/mol. The van der Waals surface area contributed by atoms with Crippen molar-refractivity contribution in [1.29, 1.82) is 0 Å². The second kappa shape index (κ2) is 11.2. The molecular weight excluding hydrogens is 192 g/mol. The zero-order valence-corrected chi connectivity index (χ0v) is 10.3. The van der Waals surface area contributed by atoms with Crippen molar-refractivity contribution in [1.82, 2.24) is 0 Å². The molecule has 0 unspecified atom stereocenters. The molecule has 0 aromatic rings. The van der Waals surface area contributed by atoms with Gasteiger partial charge in [-0.25, -0.2) is 0 Å². The molecule has 0 amide bonds. The number of ketones is 1. The summed E-state index contributed by atoms with van der Waals surface area (Å²) in [4.78, 5) is 19.3. The van der Waals surface area contributed by atoms with E-state index in [4.69, 9.17) is 9.90 Å². The van der Waals surface area contributed by atoms with Gasteiger partial charge in [0.15, 0.2) is 0 Å². The van der Waals surface area contributed by atoms with Crippen molar-refractivity contribution in [2.75, 3.05) is 0 Å². The molecule has 0 spiro atoms. The number of carbonyl (C=O) groups is 2. The molecule has 3 heteroatoms. The summed E-state index contributed by atoms with van der Waals surface area (Å²) in [6.45, 7) is 7.75. The molecule has 0 aliphatic heterocycles. The lowest BCUT2D eigenvalue weighted by molar-refractivity contribution is -0.123. The Labute approximate surface area is 92.9 Å². The molecule has 0 aromatic heterocycles. The van der Waals surface area contributed by atoms with E-state index in [0.29, 0.717) is 11.7 Å². The van der Waals surface area contributed by atoms with Gasteiger partial charge in [0.25, 0.3) is 6.47 Å². The van der Waals surface area contributed by atoms with Crippen molar-refractivity contribution in [3.05, 3.63) is 0 Å². The Kier molecular flexibility index (Phi) is 12.4. The standard InChI is InChI=1S/C9H16O.C2H6.CH2O2/c1-7-3-5-9(6-4-7)8(2)10;1-2;2-1-3/h7,9H,3-6H2,1-2H3;1-2H3;1H,(H,2,3). The predicted octanol–water partition coefficient (Wildman–Crippen LogP) is 3.13. The highest BCUT2D eigenvalue weighted by Crippen LogP contribution is 2.28. The van der Waals surface area contributed by atoms with Crippen molar-refractivity contribution in [2.24, 2.45) is 11.8 Å². The molecular formula is C12H24O3. The Bertz CT molecular complexity index is 158. The van der Waals surface area contributed by atoms with E-state index in [2.05, 4.69) is 6.92 Å². The number of carbonyl (C=O) groups excluding carboxylic acids is 1. The minimum Gasteiger partial charge on any atom is -0.483 e. The van der Waals surface area contributed by atoms with E-state index in [-0.39, 0.29) is 6.47 Å². The maximum absolute atomic E-state index is 10.9. The van der Waals surface area contributed by atoms with Gasteiger partial charge >= 0.3 is 0 Å². The first kappa shape index (κ1) is 16.6. The van der Waals surface area contributed by atoms with Crippen LogP contribution in [0.15, 0.2) is 0 Å². The van der Waals surface area contributed by atoms with Crippen LogP contribution in [0.4, 0.5) is 0 Å². The number of hydrogen-bond donors (Lipinski definition) is 1. The van der Waals surface area contributed by atoms with Crippen molar-refractivity contribution in [3.63, 3.8) is 0 Å². The van der Waals surface area contributed by atoms with Crippen molar-refractivity contribution in [3.8, 4) is 0 Å². The van der Waals surface area contributed by atoms with Gasteiger partial charge in [-0.3, -0.25) is 9.59 Å². The molecule has 15 heavy (non-hydrogen) atoms. The van der Waals surface area contributed by atoms with Gasteiger partial charge in [0.05, 0.1) is 0 Å². The molecule has 0 saturated heterocycles. The first-order chi connectivity index (χ1) is 7.11. The van der Waals surface area contributed by atoms with E-state index in [0.717, 1.165) is 18.8 Å². The third-order valence-corrected chi connectivity index (χ3v) is 2.59. The third-order valence-electron chi connectivity index (χ3n) is 2.59. The van der Waals surface area contributed by atoms with Crippen LogP contribution in [0.2, 0.25) is 0 Å². The smallest absolute Gasteiger partial charge is 0.290 e. The van der Waals surface area contributed by atoms with Crippen LogP contribution in [0.5, 0.6) is 0 Å². The zero-order chi connectivity index (χ0) is 12.3. The minimum absolute atomic E-state index is 0.250. The van der Waals surface area contributed by atoms with Gasteiger partial charge in [0.2, 0.25) is 0 Å². The molecule has 0 bridgehead atoms. The maximum Gasteiger partial charge on any atom is 0.290 e. The van der Waals surface area contributed by atoms with Gasteiger partial charge in [-0.15, -0.1) is 0 Å². The van der Waals surface area contributed by atoms with Crippen LogP contribution in [0, 0.1) is 11.8 Å². The van der Waals surface area contributed by atoms with Crippen molar-refractivity contribution < 1.29 is 14.7 Å². The number of carboxylic acid groups (broad SMARTS) is 1. The normalized spacial score (nSPS) is 23.7. The Morgan fingerprint density at radius 3 is 1.80 bits per heavy atom. The van der Waals surface area contributed by atoms with E-state index < -0.39 is 0 Å². The van der Waals surface area contributed by atoms with E-state index >= 15 is 0 Å². The first-order valence-corrected chi connectivity index (χ1v) is 5.70. The molecule has 0 aromatic carbocycles. The topological polar surface area (TPSA) is 54.4 Å². The zero-order valence-electron chi connectivity index (χ0n) is 10.3. The van der Waals surface area contributed by atoms with Crippen LogP contribution in [0.1, 0.15) is 53.4 Å². The summed E-state index contributed by atoms with van der Waals surface area (Å²) in [6, 6.07) is 0. The highest BCUT2D eigenvalue weighted by molar-refractivity contribution is 5.78. The molecule has 1 fully saturated rings. The molecule has 90 valence electrons. The maximum atomic E-state index is 10.9. The summed E-state index contributed by atoms with van der Waals surface area (Å²) in [5.74, 6) is 1.65. The van der Waals surface area contributed by atoms with Crippen LogP contribution >= 0.6 is 0 Å². The highest BCUT2D eigenvalue weighted by atomic mass is 16.3. The fourth-order valence-electron chi connectivity index (χ4n) is 1.67. The Morgan fingerprint density at radius 2 is 1.53 bits per heavy atom. The van der Waals surface area contributed by atoms with Crippen molar-refractivity contribution in [2.45, 2.75) is 53.4 Å². The molecule has 1 N–H and O–H groups in total. The molecule has 1 saturated carbocycles. The first-order valence-electron chi connectivity index (χ1n) is 5.70. The van der Waals surface area contributed by atoms with Gasteiger partial charge < -0.3 is 5.11 Å². The Morgan fingerprint density at radius 1 is 1.20 bits per heavy atom. The summed E-state index contributed by atoms with van der Waals surface area (Å²) < 4.78 is 0. The van der Waals surface area contributed by atoms with Crippen LogP contribution in [0.3, 0.4) is 0 Å². The minimum atomic E-state index is -0.250. The number of rotatable bonds is 1. The van der Waals surface area contributed by atoms with Crippen LogP contribution in [-0.2, 0) is 9.59 Å². The molecule has 0 heterocycles. The molecule has 1 aliphatic carbocycles. The highest BCUT2D eigenvalue weighted by Gasteiger charge is 2.20. The molecule has 0 atom stereocenters. The summed E-state index contributed by atoms with van der Waals surface area (Å²) in [5.41, 5.74) is 0. The summed E-state index contributed by atoms with van der Waals surface area (Å²) in [5, 5.41) is 6.89. The van der Waals surface area contributed by atoms with Gasteiger partial charge in [0, 0.05) is 5.92 Å². The van der Waals surface area contributed by atoms with E-state index in [1.54, 1.807) is 6.92 Å². The average Bonchev–Trinajstić information content (AvgIpc) is 2.22. The molecule has 1 aliphatic rings. The molecule has 3 nitrogen and oxygen atoms in total. The fraction of sp³-hybridized carbons (Fsp3) is 0.833. The van der Waals surface area contributed by atoms with Gasteiger partial charge in [0.1, 0.15) is 5.78 Å². The summed E-state index contributed by atoms with van der Waals surface area (Å²) >= 11 is 0. The Hall–Kier alpha value is -0.860. The van der Waals surface area contributed by atoms with Crippen LogP contribution in [0.25, 0.3) is 0 Å². The second-order valence-corrected chi connectivity index (χ2v) is 3.67. The van der Waals surface area contributed by atoms with Crippen LogP contribution in [-0.4, -0.2) is 17.4 Å². The average molecular weight is 216 g/mol. The quantitative estimate of drug-likeness (QED) is 0.685. The second-order valence-electron chi connectivity index (χ2n) is 3.67. The monoisotopic (exact) mass is 216 g/mol. The largest absolute Gasteiger partial charge is 0.483 e. The van der Waals surface area contributed by atoms with Gasteiger partial charge in [-0.05, 0) is 25.7 Å². The third kappa shape index (κ3) is 9.44. The molecule has 0 radical (unpaired) electrons. The van der Waals surface area contributed by atoms with E-state index in [1.165, 1.54) is 12.8 Å². The Balaban J connectivity index is 0. The number of Topliss-reactive ketones (excluding diaryl/α,β-unsaturated/α-hetero) is 1. The lowest BCUT2D eigenvalue weighted by Gasteiger charge is -2.23. The van der Waals surface area contributed by atoms with E-state index in [1.807, 2.05) is 13.8 Å². The number of hydrogen-bond acceptors (Lipinski definition) is 2. The summed E-state index contributed by atoms with van der Waals surface area (Å²) in [7, 11) is 0. The van der Waals surface area contributed by atoms with E-state index in [9.17, 15) is 4.79 Å². The SMILES string of the molecule is CC.CC(=O)C1CCC(C)CC1.O=CO. The lowest BCUT2D eigenvalue weighted by atomic mass is 9.81. The summed E-state index contributed by atoms with van der Waals surface area (Å²) in [6.07, 6.45) is 4.78. The molecule has 1 rings (SSSR count).